The fourth-order valence-electron chi connectivity index (χ4n) is 2.06. The monoisotopic (exact) mass is 306 g/mol. The van der Waals surface area contributed by atoms with Gasteiger partial charge in [0.15, 0.2) is 0 Å². The fraction of sp³-hybridized carbons (Fsp3) is 0.250. The molecule has 0 bridgehead atoms. The summed E-state index contributed by atoms with van der Waals surface area (Å²) in [6, 6.07) is 5.31. The van der Waals surface area contributed by atoms with Gasteiger partial charge in [0.05, 0.1) is 13.3 Å². The van der Waals surface area contributed by atoms with Gasteiger partial charge in [0.1, 0.15) is 23.0 Å². The Morgan fingerprint density at radius 1 is 1.23 bits per heavy atom. The largest absolute Gasteiger partial charge is 0.465 e. The first-order chi connectivity index (χ1) is 10.4. The summed E-state index contributed by atoms with van der Waals surface area (Å²) in [6.45, 7) is 3.83. The third-order valence-corrected chi connectivity index (χ3v) is 3.15. The summed E-state index contributed by atoms with van der Waals surface area (Å²) in [7, 11) is 1.20. The molecule has 4 nitrogen and oxygen atoms in total. The summed E-state index contributed by atoms with van der Waals surface area (Å²) in [4.78, 5) is 15.6. The molecule has 0 spiro atoms. The topological polar surface area (TPSA) is 51.2 Å². The van der Waals surface area contributed by atoms with Crippen LogP contribution in [0.2, 0.25) is 0 Å². The summed E-state index contributed by atoms with van der Waals surface area (Å²) in [6.07, 6.45) is 0.993. The maximum Gasteiger partial charge on any atom is 0.341 e. The molecule has 22 heavy (non-hydrogen) atoms. The number of nitrogens with one attached hydrogen (secondary N) is 1. The highest BCUT2D eigenvalue weighted by atomic mass is 19.1. The van der Waals surface area contributed by atoms with Crippen molar-refractivity contribution >= 4 is 17.5 Å². The number of nitrogens with zero attached hydrogens (tertiary/aromatic N) is 1. The molecular formula is C16H16F2N2O2. The molecule has 0 unspecified atom stereocenters. The van der Waals surface area contributed by atoms with Gasteiger partial charge in [-0.2, -0.15) is 0 Å². The predicted octanol–water partition coefficient (Wildman–Crippen LogP) is 4.01. The smallest absolute Gasteiger partial charge is 0.341 e. The van der Waals surface area contributed by atoms with Crippen LogP contribution in [-0.2, 0) is 4.74 Å². The lowest BCUT2D eigenvalue weighted by Crippen LogP contribution is -2.09. The number of esters is 1. The average Bonchev–Trinajstić information content (AvgIpc) is 2.49. The second-order valence-electron chi connectivity index (χ2n) is 5.05. The number of hydrogen-bond donors (Lipinski definition) is 1. The predicted molar refractivity (Wildman–Crippen MR) is 79.3 cm³/mol. The minimum Gasteiger partial charge on any atom is -0.465 e. The molecule has 0 amide bonds. The van der Waals surface area contributed by atoms with Crippen LogP contribution in [-0.4, -0.2) is 18.1 Å². The van der Waals surface area contributed by atoms with E-state index in [-0.39, 0.29) is 23.1 Å². The molecule has 0 atom stereocenters. The SMILES string of the molecule is COC(=O)c1cc(F)cnc1Nc1ccc(F)cc1C(C)C. The standard InChI is InChI=1S/C16H16F2N2O2/c1-9(2)12-6-10(17)4-5-14(12)20-15-13(16(21)22-3)7-11(18)8-19-15/h4-9H,1-3H3,(H,19,20). The number of anilines is 2. The average molecular weight is 306 g/mol. The second kappa shape index (κ2) is 6.51. The van der Waals surface area contributed by atoms with E-state index < -0.39 is 11.8 Å². The third kappa shape index (κ3) is 3.39. The van der Waals surface area contributed by atoms with E-state index in [1.165, 1.54) is 19.2 Å². The second-order valence-corrected chi connectivity index (χ2v) is 5.05. The number of benzene rings is 1. The number of methoxy groups -OCH3 is 1. The van der Waals surface area contributed by atoms with Crippen LogP contribution in [0.1, 0.15) is 35.7 Å². The van der Waals surface area contributed by atoms with Gasteiger partial charge >= 0.3 is 5.97 Å². The molecule has 116 valence electrons. The van der Waals surface area contributed by atoms with E-state index in [9.17, 15) is 13.6 Å². The molecule has 1 N–H and O–H groups in total. The van der Waals surface area contributed by atoms with E-state index in [1.54, 1.807) is 6.07 Å². The van der Waals surface area contributed by atoms with Crippen molar-refractivity contribution in [2.24, 2.45) is 0 Å². The zero-order chi connectivity index (χ0) is 16.3. The van der Waals surface area contributed by atoms with E-state index in [2.05, 4.69) is 15.0 Å². The quantitative estimate of drug-likeness (QED) is 0.867. The number of halogens is 2. The van der Waals surface area contributed by atoms with Crippen molar-refractivity contribution in [2.45, 2.75) is 19.8 Å². The van der Waals surface area contributed by atoms with Crippen molar-refractivity contribution in [3.63, 3.8) is 0 Å². The Labute approximate surface area is 127 Å². The van der Waals surface area contributed by atoms with Crippen molar-refractivity contribution in [2.75, 3.05) is 12.4 Å². The van der Waals surface area contributed by atoms with Gasteiger partial charge in [0.25, 0.3) is 0 Å². The molecule has 6 heteroatoms. The van der Waals surface area contributed by atoms with Crippen LogP contribution < -0.4 is 5.32 Å². The van der Waals surface area contributed by atoms with Crippen LogP contribution in [0.5, 0.6) is 0 Å². The molecule has 1 heterocycles. The number of ether oxygens (including phenoxy) is 1. The van der Waals surface area contributed by atoms with Crippen LogP contribution in [0.4, 0.5) is 20.3 Å². The van der Waals surface area contributed by atoms with E-state index in [0.717, 1.165) is 17.8 Å². The summed E-state index contributed by atoms with van der Waals surface area (Å²) < 4.78 is 31.3. The Hall–Kier alpha value is -2.50. The van der Waals surface area contributed by atoms with Gasteiger partial charge in [-0.15, -0.1) is 0 Å². The summed E-state index contributed by atoms with van der Waals surface area (Å²) in [5.74, 6) is -1.49. The Morgan fingerprint density at radius 2 is 1.95 bits per heavy atom. The van der Waals surface area contributed by atoms with Crippen molar-refractivity contribution in [1.82, 2.24) is 4.98 Å². The summed E-state index contributed by atoms with van der Waals surface area (Å²) in [5, 5.41) is 2.95. The number of pyridine rings is 1. The van der Waals surface area contributed by atoms with Crippen LogP contribution in [0.25, 0.3) is 0 Å². The molecule has 2 rings (SSSR count). The van der Waals surface area contributed by atoms with Gasteiger partial charge in [-0.25, -0.2) is 18.6 Å². The lowest BCUT2D eigenvalue weighted by atomic mass is 10.0. The van der Waals surface area contributed by atoms with Gasteiger partial charge < -0.3 is 10.1 Å². The lowest BCUT2D eigenvalue weighted by molar-refractivity contribution is 0.0601. The Kier molecular flexibility index (Phi) is 4.70. The van der Waals surface area contributed by atoms with Crippen LogP contribution in [0, 0.1) is 11.6 Å². The molecule has 0 aliphatic rings. The van der Waals surface area contributed by atoms with E-state index in [4.69, 9.17) is 0 Å². The van der Waals surface area contributed by atoms with Gasteiger partial charge in [0.2, 0.25) is 0 Å². The molecule has 0 aliphatic carbocycles. The highest BCUT2D eigenvalue weighted by Crippen LogP contribution is 2.28. The zero-order valence-corrected chi connectivity index (χ0v) is 12.5. The minimum absolute atomic E-state index is 0.0264. The first-order valence-electron chi connectivity index (χ1n) is 6.72. The molecule has 1 aromatic heterocycles. The number of carbonyl (C=O) groups is 1. The lowest BCUT2D eigenvalue weighted by Gasteiger charge is -2.16. The Balaban J connectivity index is 2.45. The Bertz CT molecular complexity index is 703. The van der Waals surface area contributed by atoms with Crippen LogP contribution in [0.3, 0.4) is 0 Å². The summed E-state index contributed by atoms with van der Waals surface area (Å²) >= 11 is 0. The number of hydrogen-bond acceptors (Lipinski definition) is 4. The number of rotatable bonds is 4. The van der Waals surface area contributed by atoms with Gasteiger partial charge in [0, 0.05) is 5.69 Å². The molecule has 0 fully saturated rings. The zero-order valence-electron chi connectivity index (χ0n) is 12.5. The fourth-order valence-corrected chi connectivity index (χ4v) is 2.06. The molecule has 0 saturated heterocycles. The van der Waals surface area contributed by atoms with Gasteiger partial charge in [-0.1, -0.05) is 13.8 Å². The van der Waals surface area contributed by atoms with Gasteiger partial charge in [-0.05, 0) is 35.7 Å². The summed E-state index contributed by atoms with van der Waals surface area (Å²) in [5.41, 5.74) is 1.30. The normalized spacial score (nSPS) is 10.6. The molecule has 0 radical (unpaired) electrons. The first-order valence-corrected chi connectivity index (χ1v) is 6.72. The highest BCUT2D eigenvalue weighted by Gasteiger charge is 2.17. The van der Waals surface area contributed by atoms with Crippen molar-refractivity contribution in [3.05, 3.63) is 53.2 Å². The van der Waals surface area contributed by atoms with Gasteiger partial charge in [-0.3, -0.25) is 0 Å². The Morgan fingerprint density at radius 3 is 2.59 bits per heavy atom. The van der Waals surface area contributed by atoms with Crippen LogP contribution in [0.15, 0.2) is 30.5 Å². The number of carbonyl (C=O) groups excluding carboxylic acids is 1. The molecule has 2 aromatic rings. The molecular weight excluding hydrogens is 290 g/mol. The highest BCUT2D eigenvalue weighted by molar-refractivity contribution is 5.95. The van der Waals surface area contributed by atoms with E-state index >= 15 is 0 Å². The first kappa shape index (κ1) is 15.9. The molecule has 0 aliphatic heterocycles. The third-order valence-electron chi connectivity index (χ3n) is 3.15. The van der Waals surface area contributed by atoms with Crippen molar-refractivity contribution in [3.8, 4) is 0 Å². The van der Waals surface area contributed by atoms with E-state index in [0.29, 0.717) is 5.69 Å². The minimum atomic E-state index is -0.706. The number of aromatic nitrogens is 1. The molecule has 1 aromatic carbocycles. The maximum absolute atomic E-state index is 13.4. The molecule has 0 saturated carbocycles. The maximum atomic E-state index is 13.4. The van der Waals surface area contributed by atoms with Crippen LogP contribution >= 0.6 is 0 Å². The van der Waals surface area contributed by atoms with E-state index in [1.807, 2.05) is 13.8 Å². The van der Waals surface area contributed by atoms with Crippen molar-refractivity contribution < 1.29 is 18.3 Å². The van der Waals surface area contributed by atoms with Crippen molar-refractivity contribution in [1.29, 1.82) is 0 Å².